The SMILES string of the molecule is COc1ccc(N/C=C(\C#N)C(N)=S)cc1OC. The molecule has 1 aromatic rings. The van der Waals surface area contributed by atoms with Crippen molar-refractivity contribution in [1.29, 1.82) is 5.26 Å². The van der Waals surface area contributed by atoms with Gasteiger partial charge in [0.15, 0.2) is 11.5 Å². The fourth-order valence-electron chi connectivity index (χ4n) is 1.24. The summed E-state index contributed by atoms with van der Waals surface area (Å²) in [5, 5.41) is 11.7. The van der Waals surface area contributed by atoms with Crippen molar-refractivity contribution in [3.05, 3.63) is 30.0 Å². The fraction of sp³-hybridized carbons (Fsp3) is 0.167. The van der Waals surface area contributed by atoms with Gasteiger partial charge in [-0.05, 0) is 12.1 Å². The summed E-state index contributed by atoms with van der Waals surface area (Å²) in [5.41, 5.74) is 6.31. The Labute approximate surface area is 111 Å². The van der Waals surface area contributed by atoms with Crippen LogP contribution in [0.1, 0.15) is 0 Å². The minimum Gasteiger partial charge on any atom is -0.493 e. The maximum atomic E-state index is 8.79. The molecule has 0 fully saturated rings. The molecule has 6 heteroatoms. The first-order valence-corrected chi connectivity index (χ1v) is 5.41. The van der Waals surface area contributed by atoms with E-state index in [1.165, 1.54) is 6.20 Å². The third-order valence-corrected chi connectivity index (χ3v) is 2.37. The molecule has 0 heterocycles. The quantitative estimate of drug-likeness (QED) is 0.479. The molecule has 0 saturated heterocycles. The number of hydrogen-bond acceptors (Lipinski definition) is 5. The molecule has 94 valence electrons. The van der Waals surface area contributed by atoms with Crippen molar-refractivity contribution >= 4 is 22.9 Å². The average Bonchev–Trinajstić information content (AvgIpc) is 2.38. The van der Waals surface area contributed by atoms with Gasteiger partial charge in [-0.25, -0.2) is 0 Å². The largest absolute Gasteiger partial charge is 0.493 e. The topological polar surface area (TPSA) is 80.3 Å². The van der Waals surface area contributed by atoms with Crippen LogP contribution in [0.25, 0.3) is 0 Å². The van der Waals surface area contributed by atoms with Gasteiger partial charge in [-0.1, -0.05) is 12.2 Å². The summed E-state index contributed by atoms with van der Waals surface area (Å²) in [4.78, 5) is 0.0467. The molecule has 0 spiro atoms. The average molecular weight is 263 g/mol. The second kappa shape index (κ2) is 6.47. The van der Waals surface area contributed by atoms with E-state index in [-0.39, 0.29) is 10.6 Å². The predicted molar refractivity (Wildman–Crippen MR) is 73.7 cm³/mol. The second-order valence-electron chi connectivity index (χ2n) is 3.25. The van der Waals surface area contributed by atoms with Crippen LogP contribution in [0.3, 0.4) is 0 Å². The first kappa shape index (κ1) is 13.8. The standard InChI is InChI=1S/C12H13N3O2S/c1-16-10-4-3-9(5-11(10)17-2)15-7-8(6-13)12(14)18/h3-5,7,15H,1-2H3,(H2,14,18)/b8-7+. The van der Waals surface area contributed by atoms with Crippen LogP contribution in [0.2, 0.25) is 0 Å². The molecule has 0 atom stereocenters. The molecule has 0 aromatic heterocycles. The van der Waals surface area contributed by atoms with Crippen molar-refractivity contribution in [3.8, 4) is 17.6 Å². The van der Waals surface area contributed by atoms with Crippen molar-refractivity contribution in [2.75, 3.05) is 19.5 Å². The summed E-state index contributed by atoms with van der Waals surface area (Å²) in [7, 11) is 3.11. The summed E-state index contributed by atoms with van der Waals surface area (Å²) >= 11 is 4.72. The molecular weight excluding hydrogens is 250 g/mol. The number of nitriles is 1. The third kappa shape index (κ3) is 3.37. The van der Waals surface area contributed by atoms with Gasteiger partial charge in [0, 0.05) is 18.0 Å². The van der Waals surface area contributed by atoms with Gasteiger partial charge in [0.25, 0.3) is 0 Å². The van der Waals surface area contributed by atoms with E-state index >= 15 is 0 Å². The van der Waals surface area contributed by atoms with Crippen LogP contribution in [-0.2, 0) is 0 Å². The fourth-order valence-corrected chi connectivity index (χ4v) is 1.34. The number of rotatable bonds is 5. The number of methoxy groups -OCH3 is 2. The van der Waals surface area contributed by atoms with Crippen LogP contribution >= 0.6 is 12.2 Å². The second-order valence-corrected chi connectivity index (χ2v) is 3.69. The molecule has 18 heavy (non-hydrogen) atoms. The zero-order valence-corrected chi connectivity index (χ0v) is 10.9. The molecule has 0 aliphatic heterocycles. The molecule has 0 saturated carbocycles. The minimum absolute atomic E-state index is 0.0467. The van der Waals surface area contributed by atoms with Crippen molar-refractivity contribution in [1.82, 2.24) is 0 Å². The van der Waals surface area contributed by atoms with E-state index in [9.17, 15) is 0 Å². The van der Waals surface area contributed by atoms with Crippen molar-refractivity contribution in [3.63, 3.8) is 0 Å². The Hall–Kier alpha value is -2.26. The van der Waals surface area contributed by atoms with Crippen LogP contribution < -0.4 is 20.5 Å². The number of benzene rings is 1. The number of anilines is 1. The van der Waals surface area contributed by atoms with Crippen molar-refractivity contribution in [2.24, 2.45) is 5.73 Å². The highest BCUT2D eigenvalue weighted by Gasteiger charge is 2.04. The number of ether oxygens (including phenoxy) is 2. The number of hydrogen-bond donors (Lipinski definition) is 2. The van der Waals surface area contributed by atoms with E-state index in [4.69, 9.17) is 32.7 Å². The van der Waals surface area contributed by atoms with Gasteiger partial charge < -0.3 is 20.5 Å². The monoisotopic (exact) mass is 263 g/mol. The highest BCUT2D eigenvalue weighted by Crippen LogP contribution is 2.29. The first-order chi connectivity index (χ1) is 8.62. The number of nitrogens with one attached hydrogen (secondary N) is 1. The summed E-state index contributed by atoms with van der Waals surface area (Å²) in [6.45, 7) is 0. The van der Waals surface area contributed by atoms with E-state index in [2.05, 4.69) is 5.32 Å². The zero-order valence-electron chi connectivity index (χ0n) is 10.1. The molecule has 0 radical (unpaired) electrons. The van der Waals surface area contributed by atoms with Crippen LogP contribution in [0.4, 0.5) is 5.69 Å². The Kier molecular flexibility index (Phi) is 4.96. The van der Waals surface area contributed by atoms with E-state index < -0.39 is 0 Å². The summed E-state index contributed by atoms with van der Waals surface area (Å²) in [5.74, 6) is 1.21. The molecule has 0 unspecified atom stereocenters. The third-order valence-electron chi connectivity index (χ3n) is 2.15. The molecule has 5 nitrogen and oxygen atoms in total. The van der Waals surface area contributed by atoms with Crippen LogP contribution in [-0.4, -0.2) is 19.2 Å². The molecule has 0 bridgehead atoms. The molecule has 0 aliphatic carbocycles. The van der Waals surface area contributed by atoms with E-state index in [0.717, 1.165) is 5.69 Å². The van der Waals surface area contributed by atoms with Gasteiger partial charge in [-0.2, -0.15) is 5.26 Å². The lowest BCUT2D eigenvalue weighted by Gasteiger charge is -2.09. The molecule has 0 aliphatic rings. The Balaban J connectivity index is 2.93. The maximum Gasteiger partial charge on any atom is 0.162 e. The molecule has 3 N–H and O–H groups in total. The number of thiocarbonyl (C=S) groups is 1. The van der Waals surface area contributed by atoms with Crippen molar-refractivity contribution < 1.29 is 9.47 Å². The normalized spacial score (nSPS) is 10.4. The van der Waals surface area contributed by atoms with Crippen LogP contribution in [0.15, 0.2) is 30.0 Å². The lowest BCUT2D eigenvalue weighted by molar-refractivity contribution is 0.355. The highest BCUT2D eigenvalue weighted by atomic mass is 32.1. The van der Waals surface area contributed by atoms with Gasteiger partial charge in [0.05, 0.1) is 14.2 Å². The van der Waals surface area contributed by atoms with Gasteiger partial charge in [0.2, 0.25) is 0 Å². The van der Waals surface area contributed by atoms with E-state index in [0.29, 0.717) is 11.5 Å². The Morgan fingerprint density at radius 3 is 2.56 bits per heavy atom. The summed E-state index contributed by atoms with van der Waals surface area (Å²) < 4.78 is 10.3. The summed E-state index contributed by atoms with van der Waals surface area (Å²) in [6.07, 6.45) is 1.45. The lowest BCUT2D eigenvalue weighted by Crippen LogP contribution is -2.11. The van der Waals surface area contributed by atoms with Crippen LogP contribution in [0.5, 0.6) is 11.5 Å². The smallest absolute Gasteiger partial charge is 0.162 e. The summed E-state index contributed by atoms with van der Waals surface area (Å²) in [6, 6.07) is 7.18. The van der Waals surface area contributed by atoms with Gasteiger partial charge in [-0.15, -0.1) is 0 Å². The van der Waals surface area contributed by atoms with E-state index in [1.54, 1.807) is 32.4 Å². The number of nitrogens with two attached hydrogens (primary N) is 1. The maximum absolute atomic E-state index is 8.79. The molecule has 1 aromatic carbocycles. The predicted octanol–water partition coefficient (Wildman–Crippen LogP) is 1.81. The first-order valence-electron chi connectivity index (χ1n) is 5.01. The van der Waals surface area contributed by atoms with Crippen LogP contribution in [0, 0.1) is 11.3 Å². The molecule has 1 rings (SSSR count). The zero-order chi connectivity index (χ0) is 13.5. The van der Waals surface area contributed by atoms with Crippen molar-refractivity contribution in [2.45, 2.75) is 0 Å². The Morgan fingerprint density at radius 1 is 1.39 bits per heavy atom. The minimum atomic E-state index is 0.0467. The van der Waals surface area contributed by atoms with Gasteiger partial charge >= 0.3 is 0 Å². The molecular formula is C12H13N3O2S. The number of nitrogens with zero attached hydrogens (tertiary/aromatic N) is 1. The lowest BCUT2D eigenvalue weighted by atomic mass is 10.2. The van der Waals surface area contributed by atoms with Gasteiger partial charge in [-0.3, -0.25) is 0 Å². The highest BCUT2D eigenvalue weighted by molar-refractivity contribution is 7.80. The van der Waals surface area contributed by atoms with E-state index in [1.807, 2.05) is 6.07 Å². The molecule has 0 amide bonds. The van der Waals surface area contributed by atoms with Gasteiger partial charge in [0.1, 0.15) is 16.6 Å². The Morgan fingerprint density at radius 2 is 2.06 bits per heavy atom. The Bertz CT molecular complexity index is 521.